The number of hydrogen-bond acceptors (Lipinski definition) is 3. The number of carbonyl (C=O) groups is 3. The van der Waals surface area contributed by atoms with E-state index in [1.165, 1.54) is 6.92 Å². The van der Waals surface area contributed by atoms with Gasteiger partial charge < -0.3 is 5.32 Å². The van der Waals surface area contributed by atoms with Crippen LogP contribution in [0.4, 0.5) is 4.79 Å². The highest BCUT2D eigenvalue weighted by atomic mass is 16.2. The normalized spacial score (nSPS) is 28.2. The lowest BCUT2D eigenvalue weighted by Crippen LogP contribution is -2.45. The molecule has 1 rings (SSSR count). The van der Waals surface area contributed by atoms with Gasteiger partial charge in [-0.3, -0.25) is 14.9 Å². The van der Waals surface area contributed by atoms with Gasteiger partial charge in [-0.1, -0.05) is 6.92 Å². The van der Waals surface area contributed by atoms with Gasteiger partial charge in [0.2, 0.25) is 0 Å². The van der Waals surface area contributed by atoms with E-state index in [-0.39, 0.29) is 17.6 Å². The van der Waals surface area contributed by atoms with E-state index >= 15 is 0 Å². The fourth-order valence-electron chi connectivity index (χ4n) is 1.48. The smallest absolute Gasteiger partial charge is 0.322 e. The highest BCUT2D eigenvalue weighted by molar-refractivity contribution is 6.06. The first kappa shape index (κ1) is 10.7. The Morgan fingerprint density at radius 1 is 1.50 bits per heavy atom. The number of urea groups is 1. The van der Waals surface area contributed by atoms with Crippen molar-refractivity contribution in [2.45, 2.75) is 32.7 Å². The number of imide groups is 1. The van der Waals surface area contributed by atoms with Crippen LogP contribution >= 0.6 is 0 Å². The Morgan fingerprint density at radius 2 is 2.07 bits per heavy atom. The predicted octanol–water partition coefficient (Wildman–Crippen LogP) is 0.200. The predicted molar refractivity (Wildman–Crippen MR) is 49.5 cm³/mol. The average molecular weight is 198 g/mol. The minimum atomic E-state index is -0.942. The molecule has 0 spiro atoms. The van der Waals surface area contributed by atoms with Gasteiger partial charge in [-0.15, -0.1) is 0 Å². The van der Waals surface area contributed by atoms with E-state index in [2.05, 4.69) is 10.6 Å². The summed E-state index contributed by atoms with van der Waals surface area (Å²) in [7, 11) is 0. The Hall–Kier alpha value is -1.39. The van der Waals surface area contributed by atoms with Crippen LogP contribution in [0.25, 0.3) is 0 Å². The number of ketones is 1. The number of nitrogens with one attached hydrogen (secondary N) is 2. The summed E-state index contributed by atoms with van der Waals surface area (Å²) in [5.74, 6) is -0.583. The topological polar surface area (TPSA) is 75.3 Å². The zero-order chi connectivity index (χ0) is 10.9. The number of rotatable bonds is 3. The van der Waals surface area contributed by atoms with Crippen LogP contribution in [-0.2, 0) is 9.59 Å². The number of Topliss-reactive ketones (excluding diaryl/α,β-unsaturated/α-hetero) is 1. The van der Waals surface area contributed by atoms with Crippen molar-refractivity contribution in [1.82, 2.24) is 10.6 Å². The first-order chi connectivity index (χ1) is 6.35. The number of amides is 3. The fourth-order valence-corrected chi connectivity index (χ4v) is 1.48. The minimum Gasteiger partial charge on any atom is -0.324 e. The Kier molecular flexibility index (Phi) is 2.59. The van der Waals surface area contributed by atoms with Gasteiger partial charge in [0, 0.05) is 5.92 Å². The van der Waals surface area contributed by atoms with Crippen molar-refractivity contribution in [1.29, 1.82) is 0 Å². The van der Waals surface area contributed by atoms with Crippen LogP contribution in [0.5, 0.6) is 0 Å². The molecule has 0 bridgehead atoms. The Balaban J connectivity index is 2.72. The SMILES string of the molecule is CC(=O)[C@@H](C)C[C@@]1(C)NC(=O)NC1=O. The van der Waals surface area contributed by atoms with Crippen LogP contribution in [0.15, 0.2) is 0 Å². The molecule has 2 N–H and O–H groups in total. The summed E-state index contributed by atoms with van der Waals surface area (Å²) >= 11 is 0. The molecule has 0 saturated carbocycles. The molecule has 0 radical (unpaired) electrons. The van der Waals surface area contributed by atoms with E-state index < -0.39 is 11.6 Å². The summed E-state index contributed by atoms with van der Waals surface area (Å²) in [4.78, 5) is 33.3. The van der Waals surface area contributed by atoms with Crippen molar-refractivity contribution in [3.05, 3.63) is 0 Å². The molecule has 5 nitrogen and oxygen atoms in total. The molecule has 78 valence electrons. The lowest BCUT2D eigenvalue weighted by atomic mass is 9.88. The Morgan fingerprint density at radius 3 is 2.43 bits per heavy atom. The quantitative estimate of drug-likeness (QED) is 0.636. The molecule has 3 amide bonds. The second-order valence-electron chi connectivity index (χ2n) is 3.96. The summed E-state index contributed by atoms with van der Waals surface area (Å²) in [5.41, 5.74) is -0.942. The van der Waals surface area contributed by atoms with Crippen molar-refractivity contribution >= 4 is 17.7 Å². The van der Waals surface area contributed by atoms with Crippen molar-refractivity contribution < 1.29 is 14.4 Å². The average Bonchev–Trinajstić information content (AvgIpc) is 2.25. The third kappa shape index (κ3) is 1.92. The molecule has 0 aromatic heterocycles. The summed E-state index contributed by atoms with van der Waals surface area (Å²) < 4.78 is 0. The highest BCUT2D eigenvalue weighted by Gasteiger charge is 2.43. The van der Waals surface area contributed by atoms with Crippen molar-refractivity contribution in [2.75, 3.05) is 0 Å². The minimum absolute atomic E-state index is 0.0140. The molecule has 2 atom stereocenters. The largest absolute Gasteiger partial charge is 0.324 e. The molecule has 0 aromatic carbocycles. The Labute approximate surface area is 82.2 Å². The molecule has 14 heavy (non-hydrogen) atoms. The highest BCUT2D eigenvalue weighted by Crippen LogP contribution is 2.20. The molecule has 5 heteroatoms. The summed E-state index contributed by atoms with van der Waals surface area (Å²) in [5, 5.41) is 4.67. The Bertz CT molecular complexity index is 300. The van der Waals surface area contributed by atoms with Crippen LogP contribution in [0.2, 0.25) is 0 Å². The van der Waals surface area contributed by atoms with Gasteiger partial charge in [0.25, 0.3) is 5.91 Å². The molecule has 1 saturated heterocycles. The van der Waals surface area contributed by atoms with Crippen molar-refractivity contribution in [2.24, 2.45) is 5.92 Å². The third-order valence-electron chi connectivity index (χ3n) is 2.53. The molecule has 1 aliphatic heterocycles. The van der Waals surface area contributed by atoms with E-state index in [1.807, 2.05) is 0 Å². The molecular formula is C9H14N2O3. The number of carbonyl (C=O) groups excluding carboxylic acids is 3. The van der Waals surface area contributed by atoms with Gasteiger partial charge in [-0.25, -0.2) is 4.79 Å². The first-order valence-corrected chi connectivity index (χ1v) is 4.49. The van der Waals surface area contributed by atoms with Crippen LogP contribution in [0, 0.1) is 5.92 Å². The van der Waals surface area contributed by atoms with E-state index in [0.717, 1.165) is 0 Å². The summed E-state index contributed by atoms with van der Waals surface area (Å²) in [6, 6.07) is -0.492. The van der Waals surface area contributed by atoms with Crippen molar-refractivity contribution in [3.63, 3.8) is 0 Å². The molecule has 1 aliphatic rings. The number of hydrogen-bond donors (Lipinski definition) is 2. The van der Waals surface area contributed by atoms with Gasteiger partial charge in [-0.2, -0.15) is 0 Å². The van der Waals surface area contributed by atoms with E-state index in [9.17, 15) is 14.4 Å². The zero-order valence-electron chi connectivity index (χ0n) is 8.51. The molecule has 1 heterocycles. The second kappa shape index (κ2) is 3.40. The monoisotopic (exact) mass is 198 g/mol. The lowest BCUT2D eigenvalue weighted by Gasteiger charge is -2.22. The van der Waals surface area contributed by atoms with Gasteiger partial charge >= 0.3 is 6.03 Å². The van der Waals surface area contributed by atoms with Gasteiger partial charge in [0.1, 0.15) is 11.3 Å². The maximum atomic E-state index is 11.4. The first-order valence-electron chi connectivity index (χ1n) is 4.49. The second-order valence-corrected chi connectivity index (χ2v) is 3.96. The van der Waals surface area contributed by atoms with Crippen LogP contribution < -0.4 is 10.6 Å². The zero-order valence-corrected chi connectivity index (χ0v) is 8.51. The summed E-state index contributed by atoms with van der Waals surface area (Å²) in [6.07, 6.45) is 0.333. The van der Waals surface area contributed by atoms with Gasteiger partial charge in [-0.05, 0) is 20.3 Å². The van der Waals surface area contributed by atoms with Crippen LogP contribution in [0.3, 0.4) is 0 Å². The molecular weight excluding hydrogens is 184 g/mol. The lowest BCUT2D eigenvalue weighted by molar-refractivity contribution is -0.125. The van der Waals surface area contributed by atoms with E-state index in [4.69, 9.17) is 0 Å². The van der Waals surface area contributed by atoms with Crippen LogP contribution in [0.1, 0.15) is 27.2 Å². The van der Waals surface area contributed by atoms with Gasteiger partial charge in [0.15, 0.2) is 0 Å². The standard InChI is InChI=1S/C9H14N2O3/c1-5(6(2)12)4-9(3)7(13)10-8(14)11-9/h5H,4H2,1-3H3,(H2,10,11,13,14)/t5-,9+/m0/s1. The van der Waals surface area contributed by atoms with Crippen molar-refractivity contribution in [3.8, 4) is 0 Å². The molecule has 0 aliphatic carbocycles. The van der Waals surface area contributed by atoms with E-state index in [1.54, 1.807) is 13.8 Å². The molecule has 1 fully saturated rings. The third-order valence-corrected chi connectivity index (χ3v) is 2.53. The fraction of sp³-hybridized carbons (Fsp3) is 0.667. The molecule has 0 unspecified atom stereocenters. The van der Waals surface area contributed by atoms with E-state index in [0.29, 0.717) is 6.42 Å². The van der Waals surface area contributed by atoms with Crippen LogP contribution in [-0.4, -0.2) is 23.3 Å². The maximum absolute atomic E-state index is 11.4. The maximum Gasteiger partial charge on any atom is 0.322 e. The van der Waals surface area contributed by atoms with Gasteiger partial charge in [0.05, 0.1) is 0 Å². The molecule has 0 aromatic rings. The summed E-state index contributed by atoms with van der Waals surface area (Å²) in [6.45, 7) is 4.83.